The van der Waals surface area contributed by atoms with Gasteiger partial charge in [-0.15, -0.1) is 11.3 Å². The predicted octanol–water partition coefficient (Wildman–Crippen LogP) is 5.41. The van der Waals surface area contributed by atoms with Gasteiger partial charge in [0.05, 0.1) is 10.6 Å². The highest BCUT2D eigenvalue weighted by Crippen LogP contribution is 2.22. The van der Waals surface area contributed by atoms with Crippen molar-refractivity contribution in [2.75, 3.05) is 5.32 Å². The molecule has 0 amide bonds. The van der Waals surface area contributed by atoms with Crippen molar-refractivity contribution in [3.05, 3.63) is 71.2 Å². The summed E-state index contributed by atoms with van der Waals surface area (Å²) in [7, 11) is 0. The zero-order valence-corrected chi connectivity index (χ0v) is 14.5. The molecular formula is C20H20N2OS. The fourth-order valence-electron chi connectivity index (χ4n) is 2.45. The fraction of sp³-hybridized carbons (Fsp3) is 0.200. The number of carbonyl (C=O) groups is 1. The number of ketones is 1. The third-order valence-corrected chi connectivity index (χ3v) is 4.67. The van der Waals surface area contributed by atoms with Crippen molar-refractivity contribution in [3.63, 3.8) is 0 Å². The average Bonchev–Trinajstić information content (AvgIpc) is 3.16. The maximum atomic E-state index is 11.8. The fourth-order valence-corrected chi connectivity index (χ4v) is 3.15. The molecule has 24 heavy (non-hydrogen) atoms. The maximum absolute atomic E-state index is 11.8. The van der Waals surface area contributed by atoms with Crippen LogP contribution in [0, 0.1) is 0 Å². The quantitative estimate of drug-likeness (QED) is 0.587. The number of aromatic nitrogens is 1. The van der Waals surface area contributed by atoms with Gasteiger partial charge in [-0.1, -0.05) is 19.1 Å². The highest BCUT2D eigenvalue weighted by Gasteiger charge is 2.04. The van der Waals surface area contributed by atoms with Gasteiger partial charge in [-0.05, 0) is 53.8 Å². The molecule has 0 fully saturated rings. The number of rotatable bonds is 7. The van der Waals surface area contributed by atoms with Gasteiger partial charge in [0, 0.05) is 30.4 Å². The van der Waals surface area contributed by atoms with Crippen LogP contribution in [-0.4, -0.2) is 10.8 Å². The first-order chi connectivity index (χ1) is 11.8. The lowest BCUT2D eigenvalue weighted by molar-refractivity contribution is 0.0982. The molecule has 4 heteroatoms. The van der Waals surface area contributed by atoms with Gasteiger partial charge in [0.1, 0.15) is 0 Å². The third-order valence-electron chi connectivity index (χ3n) is 3.78. The minimum absolute atomic E-state index is 0.206. The molecule has 0 atom stereocenters. The molecule has 122 valence electrons. The van der Waals surface area contributed by atoms with Crippen molar-refractivity contribution in [1.82, 2.24) is 4.98 Å². The summed E-state index contributed by atoms with van der Waals surface area (Å²) in [5, 5.41) is 5.42. The number of thiophene rings is 1. The van der Waals surface area contributed by atoms with Crippen LogP contribution in [0.5, 0.6) is 0 Å². The summed E-state index contributed by atoms with van der Waals surface area (Å²) >= 11 is 1.69. The SMILES string of the molecule is CCCC(=O)c1ccc(NCc2ccc(-c3cccs3)nc2)cc1. The van der Waals surface area contributed by atoms with E-state index >= 15 is 0 Å². The Kier molecular flexibility index (Phi) is 5.39. The van der Waals surface area contributed by atoms with Crippen molar-refractivity contribution in [2.45, 2.75) is 26.3 Å². The lowest BCUT2D eigenvalue weighted by atomic mass is 10.1. The van der Waals surface area contributed by atoms with E-state index in [4.69, 9.17) is 0 Å². The number of anilines is 1. The molecule has 0 spiro atoms. The number of hydrogen-bond donors (Lipinski definition) is 1. The minimum Gasteiger partial charge on any atom is -0.381 e. The Morgan fingerprint density at radius 2 is 1.96 bits per heavy atom. The molecule has 0 saturated heterocycles. The summed E-state index contributed by atoms with van der Waals surface area (Å²) in [6.07, 6.45) is 3.39. The minimum atomic E-state index is 0.206. The molecule has 0 radical (unpaired) electrons. The smallest absolute Gasteiger partial charge is 0.162 e. The number of benzene rings is 1. The van der Waals surface area contributed by atoms with Crippen molar-refractivity contribution in [2.24, 2.45) is 0 Å². The summed E-state index contributed by atoms with van der Waals surface area (Å²) in [4.78, 5) is 17.5. The van der Waals surface area contributed by atoms with Gasteiger partial charge in [0.15, 0.2) is 5.78 Å². The van der Waals surface area contributed by atoms with Crippen LogP contribution in [0.2, 0.25) is 0 Å². The van der Waals surface area contributed by atoms with Gasteiger partial charge in [0.25, 0.3) is 0 Å². The Balaban J connectivity index is 1.58. The molecular weight excluding hydrogens is 316 g/mol. The van der Waals surface area contributed by atoms with E-state index in [1.165, 1.54) is 4.88 Å². The van der Waals surface area contributed by atoms with Crippen LogP contribution in [0.15, 0.2) is 60.1 Å². The molecule has 0 unspecified atom stereocenters. The second-order valence-corrected chi connectivity index (χ2v) is 6.58. The monoisotopic (exact) mass is 336 g/mol. The summed E-state index contributed by atoms with van der Waals surface area (Å²) in [5.41, 5.74) is 3.92. The Bertz CT molecular complexity index is 778. The third kappa shape index (κ3) is 4.09. The highest BCUT2D eigenvalue weighted by atomic mass is 32.1. The van der Waals surface area contributed by atoms with E-state index in [1.807, 2.05) is 43.5 Å². The zero-order valence-electron chi connectivity index (χ0n) is 13.7. The molecule has 0 saturated carbocycles. The van der Waals surface area contributed by atoms with Crippen molar-refractivity contribution < 1.29 is 4.79 Å². The number of nitrogens with one attached hydrogen (secondary N) is 1. The molecule has 1 N–H and O–H groups in total. The lowest BCUT2D eigenvalue weighted by Gasteiger charge is -2.08. The first kappa shape index (κ1) is 16.4. The molecule has 0 bridgehead atoms. The molecule has 0 aliphatic heterocycles. The average molecular weight is 336 g/mol. The van der Waals surface area contributed by atoms with Crippen LogP contribution in [-0.2, 0) is 6.54 Å². The van der Waals surface area contributed by atoms with E-state index in [9.17, 15) is 4.79 Å². The maximum Gasteiger partial charge on any atom is 0.162 e. The van der Waals surface area contributed by atoms with Crippen molar-refractivity contribution in [1.29, 1.82) is 0 Å². The standard InChI is InChI=1S/C20H20N2OS/c1-2-4-19(23)16-7-9-17(10-8-16)21-13-15-6-11-18(22-14-15)20-5-3-12-24-20/h3,5-12,14,21H,2,4,13H2,1H3. The number of carbonyl (C=O) groups excluding carboxylic acids is 1. The predicted molar refractivity (Wildman–Crippen MR) is 101 cm³/mol. The second kappa shape index (κ2) is 7.88. The highest BCUT2D eigenvalue weighted by molar-refractivity contribution is 7.13. The van der Waals surface area contributed by atoms with Gasteiger partial charge < -0.3 is 5.32 Å². The van der Waals surface area contributed by atoms with Crippen LogP contribution in [0.25, 0.3) is 10.6 Å². The summed E-state index contributed by atoms with van der Waals surface area (Å²) in [6.45, 7) is 2.73. The normalized spacial score (nSPS) is 10.5. The molecule has 0 aliphatic carbocycles. The van der Waals surface area contributed by atoms with E-state index in [0.29, 0.717) is 13.0 Å². The number of nitrogens with zero attached hydrogens (tertiary/aromatic N) is 1. The largest absolute Gasteiger partial charge is 0.381 e. The number of pyridine rings is 1. The molecule has 1 aromatic carbocycles. The van der Waals surface area contributed by atoms with Crippen LogP contribution >= 0.6 is 11.3 Å². The molecule has 3 nitrogen and oxygen atoms in total. The Morgan fingerprint density at radius 3 is 2.58 bits per heavy atom. The lowest BCUT2D eigenvalue weighted by Crippen LogP contribution is -2.01. The molecule has 3 rings (SSSR count). The Hall–Kier alpha value is -2.46. The van der Waals surface area contributed by atoms with Crippen LogP contribution in [0.4, 0.5) is 5.69 Å². The van der Waals surface area contributed by atoms with Gasteiger partial charge >= 0.3 is 0 Å². The van der Waals surface area contributed by atoms with Crippen LogP contribution in [0.1, 0.15) is 35.7 Å². The van der Waals surface area contributed by atoms with Gasteiger partial charge in [-0.3, -0.25) is 9.78 Å². The summed E-state index contributed by atoms with van der Waals surface area (Å²) in [5.74, 6) is 0.206. The first-order valence-electron chi connectivity index (χ1n) is 8.12. The van der Waals surface area contributed by atoms with E-state index < -0.39 is 0 Å². The Labute approximate surface area is 146 Å². The Morgan fingerprint density at radius 1 is 1.12 bits per heavy atom. The van der Waals surface area contributed by atoms with E-state index in [0.717, 1.165) is 28.9 Å². The summed E-state index contributed by atoms with van der Waals surface area (Å²) in [6, 6.07) is 15.9. The molecule has 0 aliphatic rings. The zero-order chi connectivity index (χ0) is 16.8. The van der Waals surface area contributed by atoms with E-state index in [1.54, 1.807) is 11.3 Å². The van der Waals surface area contributed by atoms with Crippen molar-refractivity contribution in [3.8, 4) is 10.6 Å². The van der Waals surface area contributed by atoms with Gasteiger partial charge in [-0.2, -0.15) is 0 Å². The number of Topliss-reactive ketones (excluding diaryl/α,β-unsaturated/α-hetero) is 1. The van der Waals surface area contributed by atoms with Crippen LogP contribution in [0.3, 0.4) is 0 Å². The molecule has 2 heterocycles. The molecule has 2 aromatic heterocycles. The first-order valence-corrected chi connectivity index (χ1v) is 9.00. The van der Waals surface area contributed by atoms with Crippen molar-refractivity contribution >= 4 is 22.8 Å². The molecule has 3 aromatic rings. The van der Waals surface area contributed by atoms with E-state index in [2.05, 4.69) is 33.9 Å². The van der Waals surface area contributed by atoms with E-state index in [-0.39, 0.29) is 5.78 Å². The van der Waals surface area contributed by atoms with Gasteiger partial charge in [0.2, 0.25) is 0 Å². The second-order valence-electron chi connectivity index (χ2n) is 5.63. The topological polar surface area (TPSA) is 42.0 Å². The van der Waals surface area contributed by atoms with Gasteiger partial charge in [-0.25, -0.2) is 0 Å². The van der Waals surface area contributed by atoms with Crippen LogP contribution < -0.4 is 5.32 Å². The summed E-state index contributed by atoms with van der Waals surface area (Å²) < 4.78 is 0. The number of hydrogen-bond acceptors (Lipinski definition) is 4.